The Labute approximate surface area is 180 Å². The van der Waals surface area contributed by atoms with Crippen LogP contribution in [-0.4, -0.2) is 58.2 Å². The molecular weight excluding hydrogens is 396 g/mol. The van der Waals surface area contributed by atoms with Crippen molar-refractivity contribution >= 4 is 33.2 Å². The second-order valence-electron chi connectivity index (χ2n) is 7.12. The van der Waals surface area contributed by atoms with Crippen LogP contribution in [0.1, 0.15) is 24.2 Å². The smallest absolute Gasteiger partial charge is 0.253 e. The highest BCUT2D eigenvalue weighted by Crippen LogP contribution is 2.22. The molecule has 1 fully saturated rings. The van der Waals surface area contributed by atoms with Gasteiger partial charge in [-0.25, -0.2) is 4.98 Å². The fraction of sp³-hybridized carbons (Fsp3) is 0.304. The molecule has 0 N–H and O–H groups in total. The molecule has 2 atom stereocenters. The van der Waals surface area contributed by atoms with Crippen molar-refractivity contribution < 1.29 is 9.59 Å². The summed E-state index contributed by atoms with van der Waals surface area (Å²) < 4.78 is 1.00. The van der Waals surface area contributed by atoms with Crippen LogP contribution in [0.2, 0.25) is 0 Å². The van der Waals surface area contributed by atoms with E-state index in [9.17, 15) is 14.9 Å². The lowest BCUT2D eigenvalue weighted by Gasteiger charge is -2.41. The third kappa shape index (κ3) is 4.40. The van der Waals surface area contributed by atoms with Gasteiger partial charge in [0.25, 0.3) is 5.91 Å². The first-order valence-corrected chi connectivity index (χ1v) is 10.7. The Balaban J connectivity index is 1.74. The molecule has 1 aromatic carbocycles. The molecule has 2 heterocycles. The zero-order chi connectivity index (χ0) is 21.7. The number of nitrogens with zero attached hydrogens (tertiary/aromatic N) is 4. The summed E-state index contributed by atoms with van der Waals surface area (Å²) >= 11 is 1.51. The number of rotatable bonds is 6. The predicted molar refractivity (Wildman–Crippen MR) is 119 cm³/mol. The largest absolute Gasteiger partial charge is 0.336 e. The Bertz CT molecular complexity index is 1060. The number of hydrogen-bond acceptors (Lipinski definition) is 6. The average Bonchev–Trinajstić information content (AvgIpc) is 3.23. The first kappa shape index (κ1) is 21.6. The van der Waals surface area contributed by atoms with Crippen LogP contribution in [0, 0.1) is 11.3 Å². The number of nitriles is 1. The Morgan fingerprint density at radius 2 is 2.20 bits per heavy atom. The third-order valence-electron chi connectivity index (χ3n) is 5.22. The van der Waals surface area contributed by atoms with Gasteiger partial charge < -0.3 is 4.90 Å². The van der Waals surface area contributed by atoms with Crippen molar-refractivity contribution in [2.75, 3.05) is 19.6 Å². The van der Waals surface area contributed by atoms with Crippen molar-refractivity contribution in [1.29, 1.82) is 5.26 Å². The van der Waals surface area contributed by atoms with Crippen LogP contribution in [-0.2, 0) is 4.79 Å². The van der Waals surface area contributed by atoms with Crippen molar-refractivity contribution in [3.8, 4) is 6.07 Å². The lowest BCUT2D eigenvalue weighted by atomic mass is 10.0. The number of benzene rings is 1. The molecule has 0 bridgehead atoms. The van der Waals surface area contributed by atoms with Gasteiger partial charge in [-0.15, -0.1) is 11.3 Å². The number of amides is 1. The fourth-order valence-corrected chi connectivity index (χ4v) is 4.26. The number of aromatic nitrogens is 1. The van der Waals surface area contributed by atoms with Gasteiger partial charge in [0.05, 0.1) is 21.8 Å². The average molecular weight is 421 g/mol. The van der Waals surface area contributed by atoms with Crippen molar-refractivity contribution in [3.05, 3.63) is 65.7 Å². The number of Topliss-reactive ketones (excluding diaryl/α,β-unsaturated/α-hetero) is 1. The third-order valence-corrected chi connectivity index (χ3v) is 6.03. The van der Waals surface area contributed by atoms with E-state index in [-0.39, 0.29) is 17.7 Å². The summed E-state index contributed by atoms with van der Waals surface area (Å²) in [6.45, 7) is 8.88. The molecule has 1 aliphatic heterocycles. The van der Waals surface area contributed by atoms with E-state index in [1.54, 1.807) is 40.8 Å². The maximum absolute atomic E-state index is 13.1. The molecule has 0 saturated carbocycles. The van der Waals surface area contributed by atoms with Crippen molar-refractivity contribution in [2.24, 2.45) is 0 Å². The Morgan fingerprint density at radius 1 is 1.40 bits per heavy atom. The molecular formula is C23H24N4O2S. The lowest BCUT2D eigenvalue weighted by molar-refractivity contribution is -0.129. The molecule has 1 aliphatic rings. The predicted octanol–water partition coefficient (Wildman–Crippen LogP) is 3.59. The maximum Gasteiger partial charge on any atom is 0.253 e. The summed E-state index contributed by atoms with van der Waals surface area (Å²) in [7, 11) is 0. The highest BCUT2D eigenvalue weighted by Gasteiger charge is 2.35. The molecule has 0 spiro atoms. The van der Waals surface area contributed by atoms with Gasteiger partial charge in [0.1, 0.15) is 0 Å². The second kappa shape index (κ2) is 9.61. The SMILES string of the molecule is C=C/C(=C\C=C/C)C(=O)N1CCN(C(C#N)C(=O)c2ccc3scnc3c2)[C@H](C)C1. The van der Waals surface area contributed by atoms with Crippen molar-refractivity contribution in [1.82, 2.24) is 14.8 Å². The minimum atomic E-state index is -0.897. The molecule has 1 aromatic heterocycles. The molecule has 6 nitrogen and oxygen atoms in total. The van der Waals surface area contributed by atoms with E-state index in [0.29, 0.717) is 30.8 Å². The monoisotopic (exact) mass is 420 g/mol. The Morgan fingerprint density at radius 3 is 2.87 bits per heavy atom. The molecule has 0 aliphatic carbocycles. The highest BCUT2D eigenvalue weighted by molar-refractivity contribution is 7.16. The van der Waals surface area contributed by atoms with Crippen molar-refractivity contribution in [2.45, 2.75) is 25.9 Å². The number of allylic oxidation sites excluding steroid dienone is 3. The lowest BCUT2D eigenvalue weighted by Crippen LogP contribution is -2.58. The molecule has 154 valence electrons. The van der Waals surface area contributed by atoms with Crippen molar-refractivity contribution in [3.63, 3.8) is 0 Å². The van der Waals surface area contributed by atoms with Gasteiger partial charge in [-0.05, 0) is 38.1 Å². The van der Waals surface area contributed by atoms with E-state index >= 15 is 0 Å². The first-order valence-electron chi connectivity index (χ1n) is 9.77. The van der Waals surface area contributed by atoms with Gasteiger partial charge >= 0.3 is 0 Å². The number of piperazine rings is 1. The van der Waals surface area contributed by atoms with Gasteiger partial charge in [-0.1, -0.05) is 24.8 Å². The van der Waals surface area contributed by atoms with Gasteiger partial charge in [-0.3, -0.25) is 14.5 Å². The van der Waals surface area contributed by atoms with Crippen LogP contribution in [0.15, 0.2) is 60.2 Å². The van der Waals surface area contributed by atoms with E-state index in [4.69, 9.17) is 0 Å². The maximum atomic E-state index is 13.1. The second-order valence-corrected chi connectivity index (χ2v) is 8.01. The van der Waals surface area contributed by atoms with Crippen LogP contribution in [0.25, 0.3) is 10.2 Å². The van der Waals surface area contributed by atoms with Gasteiger partial charge in [0, 0.05) is 36.8 Å². The molecule has 1 unspecified atom stereocenters. The van der Waals surface area contributed by atoms with Crippen LogP contribution in [0.5, 0.6) is 0 Å². The molecule has 2 aromatic rings. The van der Waals surface area contributed by atoms with Crippen LogP contribution in [0.4, 0.5) is 0 Å². The number of carbonyl (C=O) groups excluding carboxylic acids is 2. The number of hydrogen-bond donors (Lipinski definition) is 0. The summed E-state index contributed by atoms with van der Waals surface area (Å²) in [5.41, 5.74) is 3.50. The summed E-state index contributed by atoms with van der Waals surface area (Å²) in [6.07, 6.45) is 6.94. The topological polar surface area (TPSA) is 77.3 Å². The molecule has 1 amide bonds. The van der Waals surface area contributed by atoms with Crippen LogP contribution < -0.4 is 0 Å². The molecule has 0 radical (unpaired) electrons. The summed E-state index contributed by atoms with van der Waals surface area (Å²) in [4.78, 5) is 33.7. The zero-order valence-electron chi connectivity index (χ0n) is 17.1. The van der Waals surface area contributed by atoms with Crippen LogP contribution >= 0.6 is 11.3 Å². The summed E-state index contributed by atoms with van der Waals surface area (Å²) in [5, 5.41) is 9.76. The zero-order valence-corrected chi connectivity index (χ0v) is 17.9. The highest BCUT2D eigenvalue weighted by atomic mass is 32.1. The Hall–Kier alpha value is -3.08. The van der Waals surface area contributed by atoms with E-state index in [1.165, 1.54) is 11.3 Å². The molecule has 3 rings (SSSR count). The normalized spacial score (nSPS) is 19.0. The van der Waals surface area contributed by atoms with E-state index in [1.807, 2.05) is 30.9 Å². The quantitative estimate of drug-likeness (QED) is 0.405. The minimum Gasteiger partial charge on any atom is -0.336 e. The van der Waals surface area contributed by atoms with E-state index < -0.39 is 6.04 Å². The number of ketones is 1. The van der Waals surface area contributed by atoms with E-state index in [2.05, 4.69) is 17.6 Å². The number of thiazole rings is 1. The first-order chi connectivity index (χ1) is 14.5. The molecule has 30 heavy (non-hydrogen) atoms. The molecule has 1 saturated heterocycles. The number of carbonyl (C=O) groups is 2. The van der Waals surface area contributed by atoms with Gasteiger partial charge in [-0.2, -0.15) is 5.26 Å². The minimum absolute atomic E-state index is 0.0941. The number of fused-ring (bicyclic) bond motifs is 1. The standard InChI is InChI=1S/C23H24N4O2S/c1-4-6-7-17(5-2)23(29)26-10-11-27(16(3)14-26)20(13-24)22(28)18-8-9-21-19(12-18)25-15-30-21/h4-9,12,15-16,20H,2,10-11,14H2,1,3H3/b6-4-,17-7+/t16-,20?/m1/s1. The van der Waals surface area contributed by atoms with E-state index in [0.717, 1.165) is 10.2 Å². The fourth-order valence-electron chi connectivity index (χ4n) is 3.60. The van der Waals surface area contributed by atoms with Gasteiger partial charge in [0.2, 0.25) is 0 Å². The summed E-state index contributed by atoms with van der Waals surface area (Å²) in [6, 6.07) is 6.49. The van der Waals surface area contributed by atoms with Gasteiger partial charge in [0.15, 0.2) is 11.8 Å². The Kier molecular flexibility index (Phi) is 6.93. The summed E-state index contributed by atoms with van der Waals surface area (Å²) in [5.74, 6) is -0.331. The van der Waals surface area contributed by atoms with Crippen LogP contribution in [0.3, 0.4) is 0 Å². The molecule has 7 heteroatoms.